The normalized spacial score (nSPS) is 10.5. The van der Waals surface area contributed by atoms with Crippen molar-refractivity contribution in [3.63, 3.8) is 0 Å². The van der Waals surface area contributed by atoms with Gasteiger partial charge in [-0.15, -0.1) is 0 Å². The van der Waals surface area contributed by atoms with Gasteiger partial charge in [-0.3, -0.25) is 10.2 Å². The molecule has 0 spiro atoms. The summed E-state index contributed by atoms with van der Waals surface area (Å²) >= 11 is 7.53. The summed E-state index contributed by atoms with van der Waals surface area (Å²) in [4.78, 5) is 16.8. The van der Waals surface area contributed by atoms with Gasteiger partial charge in [0.25, 0.3) is 5.91 Å². The van der Waals surface area contributed by atoms with Crippen LogP contribution in [0.1, 0.15) is 24.2 Å². The molecule has 0 saturated heterocycles. The van der Waals surface area contributed by atoms with Gasteiger partial charge in [-0.2, -0.15) is 5.10 Å². The summed E-state index contributed by atoms with van der Waals surface area (Å²) in [5, 5.41) is 8.13. The average molecular weight is 359 g/mol. The van der Waals surface area contributed by atoms with E-state index in [1.165, 1.54) is 11.3 Å². The van der Waals surface area contributed by atoms with Gasteiger partial charge in [-0.25, -0.2) is 4.98 Å². The van der Waals surface area contributed by atoms with Crippen LogP contribution in [-0.4, -0.2) is 16.6 Å². The Bertz CT molecular complexity index is 931. The van der Waals surface area contributed by atoms with E-state index in [1.54, 1.807) is 24.3 Å². The second-order valence-corrected chi connectivity index (χ2v) is 6.74. The molecule has 0 atom stereocenters. The van der Waals surface area contributed by atoms with E-state index in [-0.39, 0.29) is 5.91 Å². The Morgan fingerprint density at radius 1 is 1.21 bits per heavy atom. The number of halogens is 1. The number of anilines is 2. The number of carbonyl (C=O) groups excluding carboxylic acids is 1. The summed E-state index contributed by atoms with van der Waals surface area (Å²) in [6, 6.07) is 12.5. The van der Waals surface area contributed by atoms with Gasteiger partial charge in [0, 0.05) is 11.4 Å². The van der Waals surface area contributed by atoms with E-state index in [9.17, 15) is 4.79 Å². The zero-order chi connectivity index (χ0) is 17.1. The first-order chi connectivity index (χ1) is 11.5. The molecule has 7 heteroatoms. The van der Waals surface area contributed by atoms with Crippen LogP contribution in [0.2, 0.25) is 5.02 Å². The van der Waals surface area contributed by atoms with E-state index < -0.39 is 0 Å². The average Bonchev–Trinajstić information content (AvgIpc) is 2.95. The maximum Gasteiger partial charge on any atom is 0.257 e. The number of thiazole rings is 1. The van der Waals surface area contributed by atoms with Crippen molar-refractivity contribution in [1.82, 2.24) is 4.98 Å². The number of hydrogen-bond donors (Lipinski definition) is 2. The molecule has 0 aliphatic carbocycles. The highest BCUT2D eigenvalue weighted by Gasteiger charge is 2.11. The van der Waals surface area contributed by atoms with Gasteiger partial charge in [0.1, 0.15) is 0 Å². The summed E-state index contributed by atoms with van der Waals surface area (Å²) < 4.78 is 0.957. The zero-order valence-corrected chi connectivity index (χ0v) is 14.7. The number of amides is 1. The number of nitrogens with one attached hydrogen (secondary N) is 2. The Hall–Kier alpha value is -2.44. The van der Waals surface area contributed by atoms with Crippen LogP contribution in [0, 0.1) is 0 Å². The van der Waals surface area contributed by atoms with Crippen LogP contribution in [0.15, 0.2) is 47.6 Å². The molecule has 5 nitrogen and oxygen atoms in total. The molecule has 2 aromatic carbocycles. The molecule has 0 saturated carbocycles. The predicted molar refractivity (Wildman–Crippen MR) is 101 cm³/mol. The highest BCUT2D eigenvalue weighted by atomic mass is 35.5. The fourth-order valence-electron chi connectivity index (χ4n) is 2.05. The fourth-order valence-corrected chi connectivity index (χ4v) is 3.12. The smallest absolute Gasteiger partial charge is 0.257 e. The van der Waals surface area contributed by atoms with Gasteiger partial charge in [-0.1, -0.05) is 35.1 Å². The molecule has 0 radical (unpaired) electrons. The summed E-state index contributed by atoms with van der Waals surface area (Å²) in [7, 11) is 0. The number of benzene rings is 2. The molecular formula is C17H15ClN4OS. The Morgan fingerprint density at radius 2 is 2.00 bits per heavy atom. The Labute approximate surface area is 148 Å². The second-order valence-electron chi connectivity index (χ2n) is 5.31. The van der Waals surface area contributed by atoms with Gasteiger partial charge in [0.2, 0.25) is 5.13 Å². The Balaban J connectivity index is 1.82. The van der Waals surface area contributed by atoms with Crippen LogP contribution in [0.5, 0.6) is 0 Å². The second kappa shape index (κ2) is 6.98. The lowest BCUT2D eigenvalue weighted by Gasteiger charge is -2.06. The molecule has 0 unspecified atom stereocenters. The minimum atomic E-state index is -0.242. The van der Waals surface area contributed by atoms with E-state index in [0.717, 1.165) is 15.9 Å². The van der Waals surface area contributed by atoms with Crippen LogP contribution in [0.25, 0.3) is 10.2 Å². The van der Waals surface area contributed by atoms with E-state index >= 15 is 0 Å². The minimum absolute atomic E-state index is 0.242. The van der Waals surface area contributed by atoms with E-state index in [4.69, 9.17) is 11.6 Å². The van der Waals surface area contributed by atoms with E-state index in [1.807, 2.05) is 32.0 Å². The van der Waals surface area contributed by atoms with Crippen molar-refractivity contribution in [2.45, 2.75) is 13.8 Å². The predicted octanol–water partition coefficient (Wildman–Crippen LogP) is 5.01. The van der Waals surface area contributed by atoms with Crippen LogP contribution in [0.4, 0.5) is 10.8 Å². The van der Waals surface area contributed by atoms with Crippen molar-refractivity contribution >= 4 is 55.6 Å². The van der Waals surface area contributed by atoms with E-state index in [0.29, 0.717) is 21.4 Å². The lowest BCUT2D eigenvalue weighted by molar-refractivity contribution is 0.102. The standard InChI is InChI=1S/C17H15ClN4OS/c1-10(2)21-22-17-20-14-8-7-11(9-15(14)24-17)19-16(23)12-5-3-4-6-13(12)18/h3-9H,1-2H3,(H,19,23)(H,20,22). The number of aromatic nitrogens is 1. The molecule has 1 heterocycles. The van der Waals surface area contributed by atoms with Crippen molar-refractivity contribution < 1.29 is 4.79 Å². The van der Waals surface area contributed by atoms with Crippen molar-refractivity contribution in [2.75, 3.05) is 10.7 Å². The summed E-state index contributed by atoms with van der Waals surface area (Å²) in [5.41, 5.74) is 5.82. The summed E-state index contributed by atoms with van der Waals surface area (Å²) in [6.45, 7) is 3.81. The number of rotatable bonds is 4. The molecular weight excluding hydrogens is 344 g/mol. The van der Waals surface area contributed by atoms with Crippen molar-refractivity contribution in [3.05, 3.63) is 53.1 Å². The first kappa shape index (κ1) is 16.4. The zero-order valence-electron chi connectivity index (χ0n) is 13.1. The fraction of sp³-hybridized carbons (Fsp3) is 0.118. The van der Waals surface area contributed by atoms with Crippen molar-refractivity contribution in [3.8, 4) is 0 Å². The maximum absolute atomic E-state index is 12.3. The molecule has 24 heavy (non-hydrogen) atoms. The molecule has 0 aliphatic heterocycles. The van der Waals surface area contributed by atoms with E-state index in [2.05, 4.69) is 20.8 Å². The highest BCUT2D eigenvalue weighted by Crippen LogP contribution is 2.29. The Morgan fingerprint density at radius 3 is 2.75 bits per heavy atom. The van der Waals surface area contributed by atoms with Crippen LogP contribution in [0.3, 0.4) is 0 Å². The van der Waals surface area contributed by atoms with Gasteiger partial charge in [-0.05, 0) is 44.2 Å². The van der Waals surface area contributed by atoms with Gasteiger partial charge in [0.05, 0.1) is 20.8 Å². The summed E-state index contributed by atoms with van der Waals surface area (Å²) in [6.07, 6.45) is 0. The third-order valence-electron chi connectivity index (χ3n) is 3.14. The topological polar surface area (TPSA) is 66.4 Å². The SMILES string of the molecule is CC(C)=NNc1nc2ccc(NC(=O)c3ccccc3Cl)cc2s1. The molecule has 1 aromatic heterocycles. The number of fused-ring (bicyclic) bond motifs is 1. The maximum atomic E-state index is 12.3. The van der Waals surface area contributed by atoms with Gasteiger partial charge >= 0.3 is 0 Å². The molecule has 3 rings (SSSR count). The lowest BCUT2D eigenvalue weighted by atomic mass is 10.2. The Kier molecular flexibility index (Phi) is 4.78. The molecule has 0 aliphatic rings. The van der Waals surface area contributed by atoms with Crippen LogP contribution in [-0.2, 0) is 0 Å². The quantitative estimate of drug-likeness (QED) is 0.509. The monoisotopic (exact) mass is 358 g/mol. The molecule has 0 bridgehead atoms. The van der Waals surface area contributed by atoms with Gasteiger partial charge < -0.3 is 5.32 Å². The highest BCUT2D eigenvalue weighted by molar-refractivity contribution is 7.22. The van der Waals surface area contributed by atoms with Crippen molar-refractivity contribution in [1.29, 1.82) is 0 Å². The minimum Gasteiger partial charge on any atom is -0.322 e. The number of hydrazone groups is 1. The summed E-state index contributed by atoms with van der Waals surface area (Å²) in [5.74, 6) is -0.242. The van der Waals surface area contributed by atoms with Crippen LogP contribution < -0.4 is 10.7 Å². The number of carbonyl (C=O) groups is 1. The molecule has 122 valence electrons. The van der Waals surface area contributed by atoms with Crippen LogP contribution >= 0.6 is 22.9 Å². The molecule has 3 aromatic rings. The lowest BCUT2D eigenvalue weighted by Crippen LogP contribution is -2.12. The first-order valence-corrected chi connectivity index (χ1v) is 8.46. The number of nitrogens with zero attached hydrogens (tertiary/aromatic N) is 2. The largest absolute Gasteiger partial charge is 0.322 e. The molecule has 1 amide bonds. The molecule has 0 fully saturated rings. The third-order valence-corrected chi connectivity index (χ3v) is 4.39. The first-order valence-electron chi connectivity index (χ1n) is 7.26. The van der Waals surface area contributed by atoms with Gasteiger partial charge in [0.15, 0.2) is 0 Å². The third kappa shape index (κ3) is 3.72. The number of hydrogen-bond acceptors (Lipinski definition) is 5. The molecule has 2 N–H and O–H groups in total. The van der Waals surface area contributed by atoms with Crippen molar-refractivity contribution in [2.24, 2.45) is 5.10 Å².